The number of thiazole rings is 1. The molecule has 0 atom stereocenters. The molecule has 0 saturated heterocycles. The first-order valence-electron chi connectivity index (χ1n) is 3.91. The van der Waals surface area contributed by atoms with Gasteiger partial charge in [-0.1, -0.05) is 18.2 Å². The van der Waals surface area contributed by atoms with Crippen LogP contribution in [0.2, 0.25) is 0 Å². The maximum Gasteiger partial charge on any atom is 0.183 e. The van der Waals surface area contributed by atoms with Crippen molar-refractivity contribution in [2.45, 2.75) is 6.42 Å². The molecule has 0 spiro atoms. The van der Waals surface area contributed by atoms with E-state index < -0.39 is 0 Å². The van der Waals surface area contributed by atoms with Crippen molar-refractivity contribution >= 4 is 22.5 Å². The van der Waals surface area contributed by atoms with E-state index in [0.29, 0.717) is 0 Å². The maximum atomic E-state index is 4.41. The van der Waals surface area contributed by atoms with Crippen molar-refractivity contribution in [1.29, 1.82) is 0 Å². The number of hydrogen-bond donors (Lipinski definition) is 1. The molecule has 1 aliphatic rings. The summed E-state index contributed by atoms with van der Waals surface area (Å²) in [7, 11) is 1.90. The van der Waals surface area contributed by atoms with Gasteiger partial charge in [0.15, 0.2) is 5.13 Å². The first kappa shape index (κ1) is 7.55. The van der Waals surface area contributed by atoms with Crippen molar-refractivity contribution in [3.8, 4) is 0 Å². The Balaban J connectivity index is 2.42. The van der Waals surface area contributed by atoms with Crippen molar-refractivity contribution < 1.29 is 0 Å². The van der Waals surface area contributed by atoms with Crippen molar-refractivity contribution in [2.75, 3.05) is 12.4 Å². The lowest BCUT2D eigenvalue weighted by molar-refractivity contribution is 1.26. The van der Waals surface area contributed by atoms with Gasteiger partial charge in [0.25, 0.3) is 0 Å². The average molecular weight is 178 g/mol. The van der Waals surface area contributed by atoms with E-state index in [0.717, 1.165) is 17.2 Å². The molecule has 0 unspecified atom stereocenters. The molecule has 2 rings (SSSR count). The Morgan fingerprint density at radius 2 is 2.42 bits per heavy atom. The Bertz CT molecular complexity index is 336. The van der Waals surface area contributed by atoms with Gasteiger partial charge in [-0.15, -0.1) is 11.3 Å². The summed E-state index contributed by atoms with van der Waals surface area (Å²) in [5.41, 5.74) is 1.11. The van der Waals surface area contributed by atoms with E-state index in [4.69, 9.17) is 0 Å². The highest BCUT2D eigenvalue weighted by atomic mass is 32.1. The second-order valence-corrected chi connectivity index (χ2v) is 3.65. The Hall–Kier alpha value is -1.09. The molecule has 1 N–H and O–H groups in total. The summed E-state index contributed by atoms with van der Waals surface area (Å²) in [6.45, 7) is 0. The average Bonchev–Trinajstić information content (AvgIpc) is 2.37. The molecule has 0 bridgehead atoms. The van der Waals surface area contributed by atoms with Gasteiger partial charge in [-0.2, -0.15) is 0 Å². The molecule has 0 saturated carbocycles. The summed E-state index contributed by atoms with van der Waals surface area (Å²) < 4.78 is 0. The monoisotopic (exact) mass is 178 g/mol. The van der Waals surface area contributed by atoms with Gasteiger partial charge in [0, 0.05) is 18.3 Å². The molecule has 12 heavy (non-hydrogen) atoms. The minimum Gasteiger partial charge on any atom is -0.365 e. The van der Waals surface area contributed by atoms with Crippen LogP contribution in [0.3, 0.4) is 0 Å². The zero-order chi connectivity index (χ0) is 8.39. The normalized spacial score (nSPS) is 14.1. The van der Waals surface area contributed by atoms with Crippen molar-refractivity contribution in [3.63, 3.8) is 0 Å². The van der Waals surface area contributed by atoms with Gasteiger partial charge in [0.05, 0.1) is 5.69 Å². The summed E-state index contributed by atoms with van der Waals surface area (Å²) in [6, 6.07) is 0. The molecule has 1 aromatic heterocycles. The largest absolute Gasteiger partial charge is 0.365 e. The maximum absolute atomic E-state index is 4.41. The highest BCUT2D eigenvalue weighted by Gasteiger charge is 2.06. The second-order valence-electron chi connectivity index (χ2n) is 2.57. The van der Waals surface area contributed by atoms with E-state index in [9.17, 15) is 0 Å². The van der Waals surface area contributed by atoms with Crippen LogP contribution in [0, 0.1) is 0 Å². The van der Waals surface area contributed by atoms with Crippen LogP contribution in [0.1, 0.15) is 10.6 Å². The molecular formula is C9H10N2S. The third-order valence-corrected chi connectivity index (χ3v) is 2.86. The SMILES string of the molecule is CNc1nc2c(s1)CC=CC=C2. The molecule has 3 heteroatoms. The zero-order valence-electron chi connectivity index (χ0n) is 6.87. The quantitative estimate of drug-likeness (QED) is 0.713. The summed E-state index contributed by atoms with van der Waals surface area (Å²) in [5, 5.41) is 4.05. The van der Waals surface area contributed by atoms with Gasteiger partial charge in [-0.3, -0.25) is 0 Å². The molecule has 0 aliphatic heterocycles. The summed E-state index contributed by atoms with van der Waals surface area (Å²) >= 11 is 1.72. The number of anilines is 1. The van der Waals surface area contributed by atoms with E-state index in [2.05, 4.69) is 28.5 Å². The van der Waals surface area contributed by atoms with Crippen molar-refractivity contribution in [3.05, 3.63) is 28.8 Å². The number of hydrogen-bond acceptors (Lipinski definition) is 3. The fourth-order valence-electron chi connectivity index (χ4n) is 1.15. The first-order chi connectivity index (χ1) is 5.90. The molecule has 0 radical (unpaired) electrons. The van der Waals surface area contributed by atoms with Gasteiger partial charge < -0.3 is 5.32 Å². The fraction of sp³-hybridized carbons (Fsp3) is 0.222. The number of nitrogens with one attached hydrogen (secondary N) is 1. The molecule has 62 valence electrons. The predicted molar refractivity (Wildman–Crippen MR) is 53.5 cm³/mol. The smallest absolute Gasteiger partial charge is 0.183 e. The Morgan fingerprint density at radius 1 is 1.50 bits per heavy atom. The fourth-order valence-corrected chi connectivity index (χ4v) is 2.02. The molecule has 1 heterocycles. The molecule has 2 nitrogen and oxygen atoms in total. The number of aromatic nitrogens is 1. The molecule has 0 fully saturated rings. The molecular weight excluding hydrogens is 168 g/mol. The van der Waals surface area contributed by atoms with Crippen molar-refractivity contribution in [1.82, 2.24) is 4.98 Å². The van der Waals surface area contributed by atoms with Gasteiger partial charge in [-0.25, -0.2) is 4.98 Å². The predicted octanol–water partition coefficient (Wildman–Crippen LogP) is 2.31. The summed E-state index contributed by atoms with van der Waals surface area (Å²) in [5.74, 6) is 0. The molecule has 1 aliphatic carbocycles. The number of nitrogens with zero attached hydrogens (tertiary/aromatic N) is 1. The van der Waals surface area contributed by atoms with Crippen LogP contribution in [0.25, 0.3) is 6.08 Å². The lowest BCUT2D eigenvalue weighted by Crippen LogP contribution is -1.85. The van der Waals surface area contributed by atoms with E-state index in [1.807, 2.05) is 13.1 Å². The highest BCUT2D eigenvalue weighted by Crippen LogP contribution is 2.25. The third kappa shape index (κ3) is 1.28. The Morgan fingerprint density at radius 3 is 3.25 bits per heavy atom. The van der Waals surface area contributed by atoms with Gasteiger partial charge >= 0.3 is 0 Å². The zero-order valence-corrected chi connectivity index (χ0v) is 7.69. The number of allylic oxidation sites excluding steroid dienone is 3. The van der Waals surface area contributed by atoms with Gasteiger partial charge in [-0.05, 0) is 6.08 Å². The summed E-state index contributed by atoms with van der Waals surface area (Å²) in [4.78, 5) is 5.75. The number of rotatable bonds is 1. The topological polar surface area (TPSA) is 24.9 Å². The number of fused-ring (bicyclic) bond motifs is 1. The van der Waals surface area contributed by atoms with E-state index in [-0.39, 0.29) is 0 Å². The molecule has 0 aromatic carbocycles. The van der Waals surface area contributed by atoms with Crippen LogP contribution in [0.15, 0.2) is 18.2 Å². The van der Waals surface area contributed by atoms with Crippen molar-refractivity contribution in [2.24, 2.45) is 0 Å². The Kier molecular flexibility index (Phi) is 1.96. The van der Waals surface area contributed by atoms with E-state index in [1.54, 1.807) is 11.3 Å². The highest BCUT2D eigenvalue weighted by molar-refractivity contribution is 7.15. The molecule has 1 aromatic rings. The van der Waals surface area contributed by atoms with Crippen LogP contribution in [0.5, 0.6) is 0 Å². The van der Waals surface area contributed by atoms with Gasteiger partial charge in [0.1, 0.15) is 0 Å². The molecule has 0 amide bonds. The summed E-state index contributed by atoms with van der Waals surface area (Å²) in [6.07, 6.45) is 9.30. The van der Waals surface area contributed by atoms with E-state index in [1.165, 1.54) is 4.88 Å². The first-order valence-corrected chi connectivity index (χ1v) is 4.72. The van der Waals surface area contributed by atoms with Crippen LogP contribution >= 0.6 is 11.3 Å². The Labute approximate surface area is 75.6 Å². The standard InChI is InChI=1S/C9H10N2S/c1-10-9-11-7-5-3-2-4-6-8(7)12-9/h2-5H,6H2,1H3,(H,10,11). The minimum absolute atomic E-state index is 1.000. The van der Waals surface area contributed by atoms with Gasteiger partial charge in [0.2, 0.25) is 0 Å². The third-order valence-electron chi connectivity index (χ3n) is 1.75. The van der Waals surface area contributed by atoms with Crippen LogP contribution in [-0.4, -0.2) is 12.0 Å². The van der Waals surface area contributed by atoms with Crippen LogP contribution in [0.4, 0.5) is 5.13 Å². The lowest BCUT2D eigenvalue weighted by atomic mass is 10.3. The van der Waals surface area contributed by atoms with Crippen LogP contribution < -0.4 is 5.32 Å². The second kappa shape index (κ2) is 3.11. The van der Waals surface area contributed by atoms with Crippen LogP contribution in [-0.2, 0) is 6.42 Å². The van der Waals surface area contributed by atoms with E-state index >= 15 is 0 Å². The minimum atomic E-state index is 1.000. The lowest BCUT2D eigenvalue weighted by Gasteiger charge is -1.87.